The van der Waals surface area contributed by atoms with Gasteiger partial charge < -0.3 is 9.52 Å². The van der Waals surface area contributed by atoms with Gasteiger partial charge in [0.25, 0.3) is 0 Å². The Bertz CT molecular complexity index is 922. The molecule has 0 atom stereocenters. The SMILES string of the molecule is Cc1cccc(-c2cc(=O)c3cccc(CC(=O)O)c3o2)c1. The molecule has 2 aromatic carbocycles. The first-order chi connectivity index (χ1) is 10.5. The van der Waals surface area contributed by atoms with Gasteiger partial charge in [-0.25, -0.2) is 0 Å². The molecule has 0 aliphatic carbocycles. The minimum atomic E-state index is -0.962. The third kappa shape index (κ3) is 2.63. The molecule has 0 bridgehead atoms. The summed E-state index contributed by atoms with van der Waals surface area (Å²) in [7, 11) is 0. The molecule has 1 heterocycles. The largest absolute Gasteiger partial charge is 0.481 e. The van der Waals surface area contributed by atoms with E-state index in [4.69, 9.17) is 9.52 Å². The Labute approximate surface area is 126 Å². The average Bonchev–Trinajstić information content (AvgIpc) is 2.47. The van der Waals surface area contributed by atoms with Crippen LogP contribution in [0.25, 0.3) is 22.3 Å². The molecule has 0 saturated heterocycles. The number of hydrogen-bond acceptors (Lipinski definition) is 3. The van der Waals surface area contributed by atoms with Gasteiger partial charge in [-0.3, -0.25) is 9.59 Å². The van der Waals surface area contributed by atoms with Gasteiger partial charge in [-0.05, 0) is 19.1 Å². The molecule has 1 aromatic heterocycles. The van der Waals surface area contributed by atoms with Gasteiger partial charge in [0.2, 0.25) is 0 Å². The lowest BCUT2D eigenvalue weighted by Gasteiger charge is -2.07. The van der Waals surface area contributed by atoms with Gasteiger partial charge in [-0.15, -0.1) is 0 Å². The lowest BCUT2D eigenvalue weighted by Crippen LogP contribution is -2.05. The molecule has 0 aliphatic rings. The van der Waals surface area contributed by atoms with E-state index in [1.165, 1.54) is 6.07 Å². The quantitative estimate of drug-likeness (QED) is 0.804. The van der Waals surface area contributed by atoms with Crippen molar-refractivity contribution < 1.29 is 14.3 Å². The van der Waals surface area contributed by atoms with Crippen molar-refractivity contribution in [3.63, 3.8) is 0 Å². The predicted octanol–water partition coefficient (Wildman–Crippen LogP) is 3.40. The van der Waals surface area contributed by atoms with Crippen molar-refractivity contribution in [1.82, 2.24) is 0 Å². The van der Waals surface area contributed by atoms with Gasteiger partial charge in [-0.2, -0.15) is 0 Å². The molecule has 0 fully saturated rings. The Morgan fingerprint density at radius 3 is 2.64 bits per heavy atom. The van der Waals surface area contributed by atoms with E-state index in [2.05, 4.69) is 0 Å². The van der Waals surface area contributed by atoms with Crippen LogP contribution in [0.15, 0.2) is 57.7 Å². The van der Waals surface area contributed by atoms with Gasteiger partial charge in [0.15, 0.2) is 5.43 Å². The Morgan fingerprint density at radius 1 is 1.14 bits per heavy atom. The van der Waals surface area contributed by atoms with Crippen molar-refractivity contribution in [2.75, 3.05) is 0 Å². The smallest absolute Gasteiger partial charge is 0.307 e. The summed E-state index contributed by atoms with van der Waals surface area (Å²) < 4.78 is 5.85. The second-order valence-corrected chi connectivity index (χ2v) is 5.21. The van der Waals surface area contributed by atoms with E-state index in [0.717, 1.165) is 11.1 Å². The number of carbonyl (C=O) groups is 1. The van der Waals surface area contributed by atoms with Crippen molar-refractivity contribution in [3.05, 3.63) is 69.9 Å². The molecule has 4 heteroatoms. The highest BCUT2D eigenvalue weighted by Crippen LogP contribution is 2.25. The van der Waals surface area contributed by atoms with Crippen LogP contribution in [0, 0.1) is 6.92 Å². The summed E-state index contributed by atoms with van der Waals surface area (Å²) >= 11 is 0. The number of carboxylic acids is 1. The van der Waals surface area contributed by atoms with Crippen LogP contribution >= 0.6 is 0 Å². The van der Waals surface area contributed by atoms with Gasteiger partial charge in [-0.1, -0.05) is 35.9 Å². The average molecular weight is 294 g/mol. The molecule has 0 aliphatic heterocycles. The third-order valence-corrected chi connectivity index (χ3v) is 3.48. The van der Waals surface area contributed by atoms with Crippen LogP contribution in [0.4, 0.5) is 0 Å². The molecule has 1 N–H and O–H groups in total. The van der Waals surface area contributed by atoms with Crippen molar-refractivity contribution in [2.24, 2.45) is 0 Å². The number of aliphatic carboxylic acids is 1. The van der Waals surface area contributed by atoms with Crippen LogP contribution in [0.2, 0.25) is 0 Å². The monoisotopic (exact) mass is 294 g/mol. The summed E-state index contributed by atoms with van der Waals surface area (Å²) in [6.07, 6.45) is -0.183. The topological polar surface area (TPSA) is 67.5 Å². The first-order valence-corrected chi connectivity index (χ1v) is 6.89. The molecule has 0 saturated carbocycles. The van der Waals surface area contributed by atoms with Gasteiger partial charge in [0.05, 0.1) is 11.8 Å². The Hall–Kier alpha value is -2.88. The number of carboxylic acid groups (broad SMARTS) is 1. The summed E-state index contributed by atoms with van der Waals surface area (Å²) in [5, 5.41) is 9.40. The zero-order valence-corrected chi connectivity index (χ0v) is 12.0. The van der Waals surface area contributed by atoms with E-state index < -0.39 is 5.97 Å². The fraction of sp³-hybridized carbons (Fsp3) is 0.111. The summed E-state index contributed by atoms with van der Waals surface area (Å²) in [4.78, 5) is 23.3. The molecule has 0 amide bonds. The number of aryl methyl sites for hydroxylation is 1. The van der Waals surface area contributed by atoms with Crippen LogP contribution in [0.3, 0.4) is 0 Å². The highest BCUT2D eigenvalue weighted by molar-refractivity contribution is 5.85. The second kappa shape index (κ2) is 5.48. The first kappa shape index (κ1) is 14.1. The van der Waals surface area contributed by atoms with Crippen molar-refractivity contribution in [1.29, 1.82) is 0 Å². The molecule has 110 valence electrons. The summed E-state index contributed by atoms with van der Waals surface area (Å²) in [6.45, 7) is 1.96. The van der Waals surface area contributed by atoms with E-state index in [1.807, 2.05) is 31.2 Å². The maximum atomic E-state index is 12.3. The molecule has 3 rings (SSSR count). The molecule has 0 unspecified atom stereocenters. The predicted molar refractivity (Wildman–Crippen MR) is 84.0 cm³/mol. The number of hydrogen-bond donors (Lipinski definition) is 1. The number of fused-ring (bicyclic) bond motifs is 1. The summed E-state index contributed by atoms with van der Waals surface area (Å²) in [6, 6.07) is 14.1. The van der Waals surface area contributed by atoms with Crippen LogP contribution in [-0.4, -0.2) is 11.1 Å². The first-order valence-electron chi connectivity index (χ1n) is 6.89. The van der Waals surface area contributed by atoms with Gasteiger partial charge in [0.1, 0.15) is 11.3 Å². The number of rotatable bonds is 3. The Morgan fingerprint density at radius 2 is 1.91 bits per heavy atom. The van der Waals surface area contributed by atoms with Crippen LogP contribution in [0.5, 0.6) is 0 Å². The lowest BCUT2D eigenvalue weighted by molar-refractivity contribution is -0.136. The molecule has 0 spiro atoms. The zero-order chi connectivity index (χ0) is 15.7. The van der Waals surface area contributed by atoms with E-state index in [0.29, 0.717) is 22.3 Å². The fourth-order valence-corrected chi connectivity index (χ4v) is 2.48. The minimum Gasteiger partial charge on any atom is -0.481 e. The third-order valence-electron chi connectivity index (χ3n) is 3.48. The molecular formula is C18H14O4. The standard InChI is InChI=1S/C18H14O4/c1-11-4-2-5-12(8-11)16-10-15(19)14-7-3-6-13(9-17(20)21)18(14)22-16/h2-8,10H,9H2,1H3,(H,20,21). The van der Waals surface area contributed by atoms with E-state index in [1.54, 1.807) is 18.2 Å². The normalized spacial score (nSPS) is 10.8. The van der Waals surface area contributed by atoms with Gasteiger partial charge >= 0.3 is 5.97 Å². The fourth-order valence-electron chi connectivity index (χ4n) is 2.48. The molecular weight excluding hydrogens is 280 g/mol. The summed E-state index contributed by atoms with van der Waals surface area (Å²) in [5.74, 6) is -0.518. The molecule has 3 aromatic rings. The van der Waals surface area contributed by atoms with Crippen molar-refractivity contribution >= 4 is 16.9 Å². The Kier molecular flexibility index (Phi) is 3.51. The van der Waals surface area contributed by atoms with E-state index >= 15 is 0 Å². The van der Waals surface area contributed by atoms with Crippen molar-refractivity contribution in [2.45, 2.75) is 13.3 Å². The van der Waals surface area contributed by atoms with E-state index in [9.17, 15) is 9.59 Å². The molecule has 22 heavy (non-hydrogen) atoms. The van der Waals surface area contributed by atoms with Crippen LogP contribution < -0.4 is 5.43 Å². The maximum Gasteiger partial charge on any atom is 0.307 e. The second-order valence-electron chi connectivity index (χ2n) is 5.21. The van der Waals surface area contributed by atoms with Crippen LogP contribution in [-0.2, 0) is 11.2 Å². The van der Waals surface area contributed by atoms with Crippen LogP contribution in [0.1, 0.15) is 11.1 Å². The molecule has 4 nitrogen and oxygen atoms in total. The number of para-hydroxylation sites is 1. The highest BCUT2D eigenvalue weighted by Gasteiger charge is 2.12. The van der Waals surface area contributed by atoms with Crippen molar-refractivity contribution in [3.8, 4) is 11.3 Å². The molecule has 0 radical (unpaired) electrons. The highest BCUT2D eigenvalue weighted by atomic mass is 16.4. The Balaban J connectivity index is 2.26. The lowest BCUT2D eigenvalue weighted by atomic mass is 10.1. The number of benzene rings is 2. The zero-order valence-electron chi connectivity index (χ0n) is 12.0. The van der Waals surface area contributed by atoms with Gasteiger partial charge in [0, 0.05) is 17.2 Å². The maximum absolute atomic E-state index is 12.3. The summed E-state index contributed by atoms with van der Waals surface area (Å²) in [5.41, 5.74) is 2.51. The van der Waals surface area contributed by atoms with E-state index in [-0.39, 0.29) is 11.8 Å². The minimum absolute atomic E-state index is 0.176.